The average Bonchev–Trinajstić information content (AvgIpc) is 3.14. The summed E-state index contributed by atoms with van der Waals surface area (Å²) in [6.07, 6.45) is 1.61. The predicted molar refractivity (Wildman–Crippen MR) is 119 cm³/mol. The molecule has 0 unspecified atom stereocenters. The van der Waals surface area contributed by atoms with E-state index in [2.05, 4.69) is 51.6 Å². The van der Waals surface area contributed by atoms with Gasteiger partial charge in [-0.05, 0) is 45.2 Å². The summed E-state index contributed by atoms with van der Waals surface area (Å²) in [5.74, 6) is 0.813. The number of ether oxygens (including phenoxy) is 1. The van der Waals surface area contributed by atoms with Gasteiger partial charge < -0.3 is 10.1 Å². The number of amides is 1. The molecule has 0 saturated carbocycles. The Morgan fingerprint density at radius 3 is 2.67 bits per heavy atom. The van der Waals surface area contributed by atoms with Crippen molar-refractivity contribution in [3.8, 4) is 0 Å². The fourth-order valence-electron chi connectivity index (χ4n) is 3.14. The molecule has 8 heteroatoms. The maximum atomic E-state index is 12.0. The first-order valence-electron chi connectivity index (χ1n) is 10.2. The van der Waals surface area contributed by atoms with E-state index in [1.165, 1.54) is 22.9 Å². The molecule has 0 bridgehead atoms. The molecule has 0 aliphatic carbocycles. The molecule has 30 heavy (non-hydrogen) atoms. The molecular formula is C22H29N5O2S. The largest absolute Gasteiger partial charge is 0.382 e. The number of aromatic nitrogens is 4. The van der Waals surface area contributed by atoms with E-state index in [0.717, 1.165) is 29.8 Å². The first kappa shape index (κ1) is 22.2. The molecule has 0 radical (unpaired) electrons. The van der Waals surface area contributed by atoms with Gasteiger partial charge in [0.15, 0.2) is 0 Å². The van der Waals surface area contributed by atoms with E-state index in [1.807, 2.05) is 20.8 Å². The molecule has 0 atom stereocenters. The van der Waals surface area contributed by atoms with Crippen molar-refractivity contribution in [2.45, 2.75) is 45.7 Å². The van der Waals surface area contributed by atoms with Gasteiger partial charge in [0.1, 0.15) is 0 Å². The standard InChI is InChI=1S/C22H29N5O2S/c1-5-29-12-6-11-23-20(28)14-30-22-25-21-24-16(3)19(17(4)27(21)26-22)13-18-9-7-15(2)8-10-18/h7-10H,5-6,11-14H2,1-4H3,(H,23,28). The molecule has 0 aliphatic heterocycles. The van der Waals surface area contributed by atoms with Crippen LogP contribution in [0.25, 0.3) is 5.78 Å². The van der Waals surface area contributed by atoms with Crippen molar-refractivity contribution in [3.05, 3.63) is 52.3 Å². The molecule has 160 valence electrons. The van der Waals surface area contributed by atoms with E-state index in [0.29, 0.717) is 30.7 Å². The molecule has 7 nitrogen and oxygen atoms in total. The van der Waals surface area contributed by atoms with Crippen molar-refractivity contribution in [1.82, 2.24) is 24.9 Å². The summed E-state index contributed by atoms with van der Waals surface area (Å²) in [4.78, 5) is 21.1. The number of benzene rings is 1. The first-order valence-corrected chi connectivity index (χ1v) is 11.2. The number of nitrogens with one attached hydrogen (secondary N) is 1. The maximum absolute atomic E-state index is 12.0. The van der Waals surface area contributed by atoms with Crippen LogP contribution in [0, 0.1) is 20.8 Å². The van der Waals surface area contributed by atoms with Gasteiger partial charge in [-0.3, -0.25) is 4.79 Å². The zero-order valence-corrected chi connectivity index (χ0v) is 18.9. The lowest BCUT2D eigenvalue weighted by Crippen LogP contribution is -2.26. The Hall–Kier alpha value is -2.45. The summed E-state index contributed by atoms with van der Waals surface area (Å²) in [5, 5.41) is 8.01. The minimum absolute atomic E-state index is 0.0312. The number of hydrogen-bond donors (Lipinski definition) is 1. The highest BCUT2D eigenvalue weighted by Crippen LogP contribution is 2.20. The first-order chi connectivity index (χ1) is 14.5. The summed E-state index contributed by atoms with van der Waals surface area (Å²) in [6.45, 7) is 10.1. The molecule has 2 aromatic heterocycles. The van der Waals surface area contributed by atoms with Crippen molar-refractivity contribution < 1.29 is 9.53 Å². The Labute approximate surface area is 181 Å². The normalized spacial score (nSPS) is 11.2. The van der Waals surface area contributed by atoms with Gasteiger partial charge in [-0.15, -0.1) is 5.10 Å². The van der Waals surface area contributed by atoms with Crippen LogP contribution in [0.5, 0.6) is 0 Å². The van der Waals surface area contributed by atoms with Crippen molar-refractivity contribution >= 4 is 23.4 Å². The Bertz CT molecular complexity index is 1000. The number of nitrogens with zero attached hydrogens (tertiary/aromatic N) is 4. The van der Waals surface area contributed by atoms with Crippen LogP contribution < -0.4 is 5.32 Å². The third-order valence-corrected chi connectivity index (χ3v) is 5.69. The predicted octanol–water partition coefficient (Wildman–Crippen LogP) is 3.28. The van der Waals surface area contributed by atoms with E-state index in [-0.39, 0.29) is 11.7 Å². The van der Waals surface area contributed by atoms with Crippen molar-refractivity contribution in [2.24, 2.45) is 0 Å². The number of rotatable bonds is 10. The summed E-state index contributed by atoms with van der Waals surface area (Å²) in [6, 6.07) is 8.54. The lowest BCUT2D eigenvalue weighted by Gasteiger charge is -2.10. The SMILES string of the molecule is CCOCCCNC(=O)CSc1nc2nc(C)c(Cc3ccc(C)cc3)c(C)n2n1. The van der Waals surface area contributed by atoms with Crippen LogP contribution in [-0.2, 0) is 16.0 Å². The molecule has 0 fully saturated rings. The second-order valence-corrected chi connectivity index (χ2v) is 8.16. The summed E-state index contributed by atoms with van der Waals surface area (Å²) in [7, 11) is 0. The van der Waals surface area contributed by atoms with Crippen LogP contribution in [0.2, 0.25) is 0 Å². The minimum atomic E-state index is -0.0312. The van der Waals surface area contributed by atoms with E-state index in [4.69, 9.17) is 4.74 Å². The van der Waals surface area contributed by atoms with Gasteiger partial charge in [0.25, 0.3) is 5.78 Å². The van der Waals surface area contributed by atoms with Gasteiger partial charge in [0.2, 0.25) is 11.1 Å². The third-order valence-electron chi connectivity index (χ3n) is 4.86. The molecule has 1 amide bonds. The molecule has 1 N–H and O–H groups in total. The van der Waals surface area contributed by atoms with Gasteiger partial charge in [0, 0.05) is 37.6 Å². The number of thioether (sulfide) groups is 1. The summed E-state index contributed by atoms with van der Waals surface area (Å²) < 4.78 is 7.04. The summed E-state index contributed by atoms with van der Waals surface area (Å²) >= 11 is 1.32. The summed E-state index contributed by atoms with van der Waals surface area (Å²) in [5.41, 5.74) is 5.62. The Kier molecular flexibility index (Phi) is 7.81. The smallest absolute Gasteiger partial charge is 0.253 e. The Morgan fingerprint density at radius 1 is 1.17 bits per heavy atom. The van der Waals surface area contributed by atoms with Gasteiger partial charge in [-0.25, -0.2) is 9.50 Å². The Balaban J connectivity index is 1.65. The van der Waals surface area contributed by atoms with Crippen molar-refractivity contribution in [3.63, 3.8) is 0 Å². The van der Waals surface area contributed by atoms with Crippen LogP contribution in [0.4, 0.5) is 0 Å². The lowest BCUT2D eigenvalue weighted by atomic mass is 10.0. The van der Waals surface area contributed by atoms with Crippen LogP contribution in [-0.4, -0.2) is 51.0 Å². The third kappa shape index (κ3) is 5.79. The highest BCUT2D eigenvalue weighted by molar-refractivity contribution is 7.99. The quantitative estimate of drug-likeness (QED) is 0.395. The topological polar surface area (TPSA) is 81.4 Å². The maximum Gasteiger partial charge on any atom is 0.253 e. The van der Waals surface area contributed by atoms with E-state index < -0.39 is 0 Å². The van der Waals surface area contributed by atoms with Gasteiger partial charge in [0.05, 0.1) is 5.75 Å². The highest BCUT2D eigenvalue weighted by Gasteiger charge is 2.15. The molecule has 3 aromatic rings. The van der Waals surface area contributed by atoms with Crippen molar-refractivity contribution in [1.29, 1.82) is 0 Å². The molecular weight excluding hydrogens is 398 g/mol. The fraction of sp³-hybridized carbons (Fsp3) is 0.455. The molecule has 1 aromatic carbocycles. The fourth-order valence-corrected chi connectivity index (χ4v) is 3.79. The number of carbonyl (C=O) groups is 1. The second-order valence-electron chi connectivity index (χ2n) is 7.22. The van der Waals surface area contributed by atoms with Crippen LogP contribution in [0.3, 0.4) is 0 Å². The van der Waals surface area contributed by atoms with E-state index >= 15 is 0 Å². The molecule has 0 spiro atoms. The number of fused-ring (bicyclic) bond motifs is 1. The van der Waals surface area contributed by atoms with Gasteiger partial charge in [-0.2, -0.15) is 4.98 Å². The van der Waals surface area contributed by atoms with Crippen LogP contribution >= 0.6 is 11.8 Å². The number of carbonyl (C=O) groups excluding carboxylic acids is 1. The second kappa shape index (κ2) is 10.5. The average molecular weight is 428 g/mol. The van der Waals surface area contributed by atoms with E-state index in [1.54, 1.807) is 4.52 Å². The number of aryl methyl sites for hydroxylation is 3. The molecule has 0 aliphatic rings. The Morgan fingerprint density at radius 2 is 1.93 bits per heavy atom. The van der Waals surface area contributed by atoms with Crippen LogP contribution in [0.1, 0.15) is 41.4 Å². The highest BCUT2D eigenvalue weighted by atomic mass is 32.2. The van der Waals surface area contributed by atoms with E-state index in [9.17, 15) is 4.79 Å². The molecule has 0 saturated heterocycles. The molecule has 3 rings (SSSR count). The van der Waals surface area contributed by atoms with Crippen molar-refractivity contribution in [2.75, 3.05) is 25.5 Å². The number of hydrogen-bond acceptors (Lipinski definition) is 6. The monoisotopic (exact) mass is 427 g/mol. The van der Waals surface area contributed by atoms with Crippen LogP contribution in [0.15, 0.2) is 29.4 Å². The van der Waals surface area contributed by atoms with Gasteiger partial charge >= 0.3 is 0 Å². The zero-order chi connectivity index (χ0) is 21.5. The minimum Gasteiger partial charge on any atom is -0.382 e. The lowest BCUT2D eigenvalue weighted by molar-refractivity contribution is -0.118. The zero-order valence-electron chi connectivity index (χ0n) is 18.1. The molecule has 2 heterocycles. The van der Waals surface area contributed by atoms with Gasteiger partial charge in [-0.1, -0.05) is 41.6 Å².